The van der Waals surface area contributed by atoms with E-state index in [4.69, 9.17) is 4.74 Å². The fourth-order valence-electron chi connectivity index (χ4n) is 3.05. The summed E-state index contributed by atoms with van der Waals surface area (Å²) in [5, 5.41) is 11.8. The average molecular weight is 457 g/mol. The van der Waals surface area contributed by atoms with Gasteiger partial charge in [-0.2, -0.15) is 0 Å². The lowest BCUT2D eigenvalue weighted by atomic mass is 10.1. The molecule has 9 heteroatoms. The number of carbonyl (C=O) groups excluding carboxylic acids is 2. The molecule has 0 aliphatic carbocycles. The molecule has 1 atom stereocenters. The zero-order valence-corrected chi connectivity index (χ0v) is 19.1. The van der Waals surface area contributed by atoms with Crippen molar-refractivity contribution in [2.45, 2.75) is 45.0 Å². The van der Waals surface area contributed by atoms with E-state index in [1.807, 2.05) is 18.4 Å². The second-order valence-electron chi connectivity index (χ2n) is 7.47. The number of benzene rings is 2. The Morgan fingerprint density at radius 3 is 2.41 bits per heavy atom. The highest BCUT2D eigenvalue weighted by molar-refractivity contribution is 7.99. The molecular formula is C23H25FN4O3S. The number of ketones is 1. The molecule has 2 aromatic carbocycles. The molecule has 3 aromatic rings. The first-order chi connectivity index (χ1) is 15.3. The highest BCUT2D eigenvalue weighted by Crippen LogP contribution is 2.28. The fraction of sp³-hybridized carbons (Fsp3) is 0.304. The Balaban J connectivity index is 1.66. The number of aromatic nitrogens is 3. The molecule has 0 radical (unpaired) electrons. The minimum atomic E-state index is -0.537. The summed E-state index contributed by atoms with van der Waals surface area (Å²) in [6.07, 6.45) is -0.537. The van der Waals surface area contributed by atoms with Gasteiger partial charge in [0.15, 0.2) is 34.4 Å². The molecule has 0 aliphatic heterocycles. The van der Waals surface area contributed by atoms with Gasteiger partial charge in [-0.3, -0.25) is 9.59 Å². The predicted molar refractivity (Wildman–Crippen MR) is 122 cm³/mol. The zero-order chi connectivity index (χ0) is 23.3. The molecular weight excluding hydrogens is 431 g/mol. The molecule has 0 aliphatic rings. The fourth-order valence-corrected chi connectivity index (χ4v) is 3.92. The van der Waals surface area contributed by atoms with Gasteiger partial charge in [0.05, 0.1) is 5.75 Å². The second kappa shape index (κ2) is 10.4. The zero-order valence-electron chi connectivity index (χ0n) is 18.3. The molecule has 1 aromatic heterocycles. The molecule has 0 saturated heterocycles. The topological polar surface area (TPSA) is 86.1 Å². The highest BCUT2D eigenvalue weighted by Gasteiger charge is 2.22. The van der Waals surface area contributed by atoms with Crippen LogP contribution >= 0.6 is 11.8 Å². The van der Waals surface area contributed by atoms with Crippen molar-refractivity contribution in [3.63, 3.8) is 0 Å². The van der Waals surface area contributed by atoms with Crippen LogP contribution in [0.15, 0.2) is 53.7 Å². The highest BCUT2D eigenvalue weighted by atomic mass is 32.2. The van der Waals surface area contributed by atoms with Crippen LogP contribution in [0.4, 0.5) is 10.1 Å². The van der Waals surface area contributed by atoms with Gasteiger partial charge in [0, 0.05) is 17.3 Å². The van der Waals surface area contributed by atoms with Crippen molar-refractivity contribution < 1.29 is 18.7 Å². The number of amides is 1. The molecule has 1 amide bonds. The number of hydrogen-bond donors (Lipinski definition) is 1. The second-order valence-corrected chi connectivity index (χ2v) is 8.41. The Bertz CT molecular complexity index is 1100. The summed E-state index contributed by atoms with van der Waals surface area (Å²) in [4.78, 5) is 23.7. The van der Waals surface area contributed by atoms with Crippen LogP contribution in [-0.4, -0.2) is 32.2 Å². The Hall–Kier alpha value is -3.20. The summed E-state index contributed by atoms with van der Waals surface area (Å²) in [6.45, 7) is 7.22. The van der Waals surface area contributed by atoms with E-state index in [1.165, 1.54) is 24.8 Å². The van der Waals surface area contributed by atoms with Crippen LogP contribution in [0.3, 0.4) is 0 Å². The quantitative estimate of drug-likeness (QED) is 0.357. The van der Waals surface area contributed by atoms with Crippen LogP contribution in [0.25, 0.3) is 0 Å². The number of rotatable bonds is 9. The number of anilines is 1. The molecule has 1 unspecified atom stereocenters. The van der Waals surface area contributed by atoms with Crippen molar-refractivity contribution in [1.82, 2.24) is 14.8 Å². The number of ether oxygens (including phenoxy) is 1. The van der Waals surface area contributed by atoms with Crippen LogP contribution in [0, 0.1) is 5.82 Å². The van der Waals surface area contributed by atoms with E-state index < -0.39 is 11.9 Å². The largest absolute Gasteiger partial charge is 0.480 e. The number of nitrogens with zero attached hydrogens (tertiary/aromatic N) is 3. The number of nitrogens with one attached hydrogen (secondary N) is 1. The normalized spacial score (nSPS) is 11.9. The van der Waals surface area contributed by atoms with Gasteiger partial charge in [-0.05, 0) is 64.1 Å². The maximum Gasteiger partial charge on any atom is 0.234 e. The van der Waals surface area contributed by atoms with E-state index in [0.717, 1.165) is 0 Å². The van der Waals surface area contributed by atoms with E-state index in [0.29, 0.717) is 22.2 Å². The lowest BCUT2D eigenvalue weighted by molar-refractivity contribution is -0.113. The van der Waals surface area contributed by atoms with Crippen molar-refractivity contribution in [1.29, 1.82) is 0 Å². The Morgan fingerprint density at radius 2 is 1.78 bits per heavy atom. The lowest BCUT2D eigenvalue weighted by Gasteiger charge is -2.19. The molecule has 1 heterocycles. The summed E-state index contributed by atoms with van der Waals surface area (Å²) < 4.78 is 21.6. The van der Waals surface area contributed by atoms with Crippen molar-refractivity contribution in [3.05, 3.63) is 65.7 Å². The molecule has 32 heavy (non-hydrogen) atoms. The first kappa shape index (κ1) is 23.5. The number of para-hydroxylation sites is 1. The average Bonchev–Trinajstić information content (AvgIpc) is 3.19. The van der Waals surface area contributed by atoms with Crippen LogP contribution in [0.1, 0.15) is 56.0 Å². The SMILES string of the molecule is CC(=O)c1ccc(NC(=O)CSc2nnc(C(C)Oc3ccccc3F)n2C(C)C)cc1. The van der Waals surface area contributed by atoms with Gasteiger partial charge in [0.25, 0.3) is 0 Å². The summed E-state index contributed by atoms with van der Waals surface area (Å²) in [6, 6.07) is 12.9. The number of hydrogen-bond acceptors (Lipinski definition) is 6. The summed E-state index contributed by atoms with van der Waals surface area (Å²) in [5.41, 5.74) is 1.19. The minimum absolute atomic E-state index is 0.0105. The summed E-state index contributed by atoms with van der Waals surface area (Å²) >= 11 is 1.25. The van der Waals surface area contributed by atoms with Crippen LogP contribution in [-0.2, 0) is 4.79 Å². The third-order valence-corrected chi connectivity index (χ3v) is 5.56. The standard InChI is InChI=1S/C23H25FN4O3S/c1-14(2)28-22(16(4)31-20-8-6-5-7-19(20)24)26-27-23(28)32-13-21(30)25-18-11-9-17(10-12-18)15(3)29/h5-12,14,16H,13H2,1-4H3,(H,25,30). The van der Waals surface area contributed by atoms with Gasteiger partial charge in [0.1, 0.15) is 0 Å². The Labute approximate surface area is 190 Å². The monoisotopic (exact) mass is 456 g/mol. The summed E-state index contributed by atoms with van der Waals surface area (Å²) in [5.74, 6) is 0.129. The third-order valence-electron chi connectivity index (χ3n) is 4.62. The number of Topliss-reactive ketones (excluding diaryl/α,β-unsaturated/α-hetero) is 1. The molecule has 168 valence electrons. The van der Waals surface area contributed by atoms with Crippen molar-refractivity contribution >= 4 is 29.1 Å². The van der Waals surface area contributed by atoms with Gasteiger partial charge in [-0.15, -0.1) is 10.2 Å². The van der Waals surface area contributed by atoms with Crippen LogP contribution in [0.5, 0.6) is 5.75 Å². The van der Waals surface area contributed by atoms with Crippen molar-refractivity contribution in [2.75, 3.05) is 11.1 Å². The number of carbonyl (C=O) groups is 2. The maximum atomic E-state index is 13.9. The van der Waals surface area contributed by atoms with Gasteiger partial charge in [0.2, 0.25) is 5.91 Å². The van der Waals surface area contributed by atoms with Gasteiger partial charge < -0.3 is 14.6 Å². The first-order valence-electron chi connectivity index (χ1n) is 10.2. The molecule has 3 rings (SSSR count). The predicted octanol–water partition coefficient (Wildman–Crippen LogP) is 5.07. The van der Waals surface area contributed by atoms with Crippen LogP contribution in [0.2, 0.25) is 0 Å². The van der Waals surface area contributed by atoms with E-state index in [2.05, 4.69) is 15.5 Å². The van der Waals surface area contributed by atoms with Crippen molar-refractivity contribution in [3.8, 4) is 5.75 Å². The van der Waals surface area contributed by atoms with Gasteiger partial charge >= 0.3 is 0 Å². The Kier molecular flexibility index (Phi) is 7.63. The Morgan fingerprint density at radius 1 is 1.09 bits per heavy atom. The van der Waals surface area contributed by atoms with E-state index >= 15 is 0 Å². The molecule has 7 nitrogen and oxygen atoms in total. The molecule has 0 fully saturated rings. The van der Waals surface area contributed by atoms with E-state index in [-0.39, 0.29) is 29.2 Å². The smallest absolute Gasteiger partial charge is 0.234 e. The third kappa shape index (κ3) is 5.73. The molecule has 0 spiro atoms. The number of halogens is 1. The van der Waals surface area contributed by atoms with Crippen LogP contribution < -0.4 is 10.1 Å². The minimum Gasteiger partial charge on any atom is -0.480 e. The van der Waals surface area contributed by atoms with Gasteiger partial charge in [-0.1, -0.05) is 23.9 Å². The molecule has 1 N–H and O–H groups in total. The van der Waals surface area contributed by atoms with E-state index in [9.17, 15) is 14.0 Å². The number of thioether (sulfide) groups is 1. The van der Waals surface area contributed by atoms with Crippen molar-refractivity contribution in [2.24, 2.45) is 0 Å². The molecule has 0 bridgehead atoms. The van der Waals surface area contributed by atoms with E-state index in [1.54, 1.807) is 49.4 Å². The van der Waals surface area contributed by atoms with Gasteiger partial charge in [-0.25, -0.2) is 4.39 Å². The maximum absolute atomic E-state index is 13.9. The lowest BCUT2D eigenvalue weighted by Crippen LogP contribution is -2.16. The first-order valence-corrected chi connectivity index (χ1v) is 11.1. The summed E-state index contributed by atoms with van der Waals surface area (Å²) in [7, 11) is 0. The molecule has 0 saturated carbocycles.